The molecule has 0 bridgehead atoms. The van der Waals surface area contributed by atoms with E-state index in [1.54, 1.807) is 12.1 Å². The summed E-state index contributed by atoms with van der Waals surface area (Å²) in [5.41, 5.74) is -0.715. The smallest absolute Gasteiger partial charge is 0.312 e. The molecule has 1 rings (SSSR count). The van der Waals surface area contributed by atoms with Crippen LogP contribution in [0.15, 0.2) is 24.3 Å². The quantitative estimate of drug-likeness (QED) is 0.841. The van der Waals surface area contributed by atoms with Gasteiger partial charge in [0.1, 0.15) is 0 Å². The van der Waals surface area contributed by atoms with E-state index >= 15 is 0 Å². The van der Waals surface area contributed by atoms with Crippen molar-refractivity contribution in [2.24, 2.45) is 0 Å². The first-order chi connectivity index (χ1) is 8.93. The summed E-state index contributed by atoms with van der Waals surface area (Å²) in [4.78, 5) is 0. The van der Waals surface area contributed by atoms with Gasteiger partial charge in [0.25, 0.3) is 0 Å². The van der Waals surface area contributed by atoms with Crippen molar-refractivity contribution in [2.45, 2.75) is 58.2 Å². The lowest BCUT2D eigenvalue weighted by molar-refractivity contribution is -0.138. The molecule has 114 valence electrons. The summed E-state index contributed by atoms with van der Waals surface area (Å²) in [6, 6.07) is 5.85. The Morgan fingerprint density at radius 3 is 1.85 bits per heavy atom. The normalized spacial score (nSPS) is 13.6. The van der Waals surface area contributed by atoms with E-state index in [1.807, 2.05) is 34.6 Å². The molecule has 0 saturated heterocycles. The van der Waals surface area contributed by atoms with Crippen molar-refractivity contribution in [2.75, 3.05) is 6.54 Å². The van der Waals surface area contributed by atoms with Gasteiger partial charge in [-0.2, -0.15) is 13.2 Å². The molecule has 0 aliphatic heterocycles. The second-order valence-corrected chi connectivity index (χ2v) is 6.85. The summed E-state index contributed by atoms with van der Waals surface area (Å²) in [6.07, 6.45) is -3.65. The lowest BCUT2D eigenvalue weighted by Gasteiger charge is -2.30. The fraction of sp³-hybridized carbons (Fsp3) is 0.625. The van der Waals surface area contributed by atoms with Crippen molar-refractivity contribution >= 4 is 0 Å². The van der Waals surface area contributed by atoms with Gasteiger partial charge in [0, 0.05) is 5.54 Å². The van der Waals surface area contributed by atoms with E-state index in [2.05, 4.69) is 5.32 Å². The predicted molar refractivity (Wildman–Crippen MR) is 76.8 cm³/mol. The van der Waals surface area contributed by atoms with Crippen molar-refractivity contribution in [3.63, 3.8) is 0 Å². The summed E-state index contributed by atoms with van der Waals surface area (Å²) in [7, 11) is 0. The number of hydrogen-bond donors (Lipinski definition) is 1. The Balaban J connectivity index is 2.93. The van der Waals surface area contributed by atoms with E-state index < -0.39 is 17.2 Å². The van der Waals surface area contributed by atoms with Gasteiger partial charge < -0.3 is 5.32 Å². The van der Waals surface area contributed by atoms with Crippen LogP contribution in [-0.4, -0.2) is 12.1 Å². The van der Waals surface area contributed by atoms with Crippen LogP contribution in [0.2, 0.25) is 0 Å². The van der Waals surface area contributed by atoms with E-state index in [1.165, 1.54) is 6.07 Å². The van der Waals surface area contributed by atoms with Crippen LogP contribution in [-0.2, 0) is 11.6 Å². The zero-order chi connectivity index (χ0) is 15.6. The first-order valence-corrected chi connectivity index (χ1v) is 6.85. The Morgan fingerprint density at radius 1 is 0.900 bits per heavy atom. The first-order valence-electron chi connectivity index (χ1n) is 6.85. The van der Waals surface area contributed by atoms with Crippen LogP contribution in [0.5, 0.6) is 0 Å². The van der Waals surface area contributed by atoms with E-state index in [-0.39, 0.29) is 5.54 Å². The second-order valence-electron chi connectivity index (χ2n) is 6.85. The molecule has 0 aromatic heterocycles. The Bertz CT molecular complexity index is 442. The molecular formula is C16H24F3N. The fourth-order valence-corrected chi connectivity index (χ4v) is 2.21. The maximum absolute atomic E-state index is 13.1. The Labute approximate surface area is 119 Å². The van der Waals surface area contributed by atoms with Crippen LogP contribution in [0.1, 0.15) is 52.2 Å². The average molecular weight is 287 g/mol. The van der Waals surface area contributed by atoms with Gasteiger partial charge in [0.05, 0.1) is 5.56 Å². The molecule has 0 saturated carbocycles. The highest BCUT2D eigenvalue weighted by Gasteiger charge is 2.37. The van der Waals surface area contributed by atoms with Crippen molar-refractivity contribution in [1.82, 2.24) is 5.32 Å². The molecule has 1 N–H and O–H groups in total. The fourth-order valence-electron chi connectivity index (χ4n) is 2.21. The topological polar surface area (TPSA) is 12.0 Å². The second kappa shape index (κ2) is 5.76. The molecule has 0 atom stereocenters. The first kappa shape index (κ1) is 17.0. The predicted octanol–water partition coefficient (Wildman–Crippen LogP) is 4.76. The molecule has 0 fully saturated rings. The van der Waals surface area contributed by atoms with Gasteiger partial charge in [0.15, 0.2) is 0 Å². The number of rotatable bonds is 4. The van der Waals surface area contributed by atoms with Gasteiger partial charge in [-0.25, -0.2) is 0 Å². The molecular weight excluding hydrogens is 263 g/mol. The van der Waals surface area contributed by atoms with Crippen LogP contribution >= 0.6 is 0 Å². The highest BCUT2D eigenvalue weighted by molar-refractivity contribution is 5.35. The minimum atomic E-state index is -4.30. The monoisotopic (exact) mass is 287 g/mol. The zero-order valence-electron chi connectivity index (χ0n) is 12.9. The third-order valence-electron chi connectivity index (χ3n) is 3.37. The number of benzene rings is 1. The van der Waals surface area contributed by atoms with Crippen molar-refractivity contribution in [3.05, 3.63) is 35.4 Å². The Hall–Kier alpha value is -1.03. The molecule has 0 aliphatic rings. The summed E-state index contributed by atoms with van der Waals surface area (Å²) in [5, 5.41) is 3.32. The van der Waals surface area contributed by atoms with Crippen molar-refractivity contribution in [1.29, 1.82) is 0 Å². The van der Waals surface area contributed by atoms with Crippen molar-refractivity contribution < 1.29 is 13.2 Å². The Kier molecular flexibility index (Phi) is 4.90. The number of hydrogen-bond acceptors (Lipinski definition) is 1. The van der Waals surface area contributed by atoms with Crippen LogP contribution in [0.25, 0.3) is 0 Å². The summed E-state index contributed by atoms with van der Waals surface area (Å²) < 4.78 is 39.2. The lowest BCUT2D eigenvalue weighted by Crippen LogP contribution is -2.38. The standard InChI is InChI=1S/C16H24F3N/c1-14(2,3)20-11-10-15(4,5)12-8-6-7-9-13(12)16(17,18)19/h6-9,20H,10-11H2,1-5H3. The highest BCUT2D eigenvalue weighted by atomic mass is 19.4. The van der Waals surface area contributed by atoms with Gasteiger partial charge in [-0.3, -0.25) is 0 Å². The number of halogens is 3. The van der Waals surface area contributed by atoms with Gasteiger partial charge >= 0.3 is 6.18 Å². The molecule has 1 aromatic rings. The molecule has 20 heavy (non-hydrogen) atoms. The van der Waals surface area contributed by atoms with Gasteiger partial charge in [-0.1, -0.05) is 32.0 Å². The van der Waals surface area contributed by atoms with Crippen LogP contribution in [0, 0.1) is 0 Å². The molecule has 1 nitrogen and oxygen atoms in total. The third kappa shape index (κ3) is 4.82. The largest absolute Gasteiger partial charge is 0.416 e. The number of nitrogens with one attached hydrogen (secondary N) is 1. The van der Waals surface area contributed by atoms with Crippen molar-refractivity contribution in [3.8, 4) is 0 Å². The van der Waals surface area contributed by atoms with Gasteiger partial charge in [-0.05, 0) is 50.8 Å². The molecule has 0 radical (unpaired) electrons. The van der Waals surface area contributed by atoms with Crippen LogP contribution in [0.3, 0.4) is 0 Å². The van der Waals surface area contributed by atoms with E-state index in [0.29, 0.717) is 18.5 Å². The molecule has 0 unspecified atom stereocenters. The SMILES string of the molecule is CC(C)(C)NCCC(C)(C)c1ccccc1C(F)(F)F. The van der Waals surface area contributed by atoms with E-state index in [0.717, 1.165) is 6.07 Å². The van der Waals surface area contributed by atoms with E-state index in [9.17, 15) is 13.2 Å². The summed E-state index contributed by atoms with van der Waals surface area (Å²) in [5.74, 6) is 0. The molecule has 0 heterocycles. The molecule has 0 spiro atoms. The summed E-state index contributed by atoms with van der Waals surface area (Å²) >= 11 is 0. The molecule has 0 aliphatic carbocycles. The maximum atomic E-state index is 13.1. The molecule has 1 aromatic carbocycles. The molecule has 4 heteroatoms. The van der Waals surface area contributed by atoms with Crippen LogP contribution < -0.4 is 5.32 Å². The third-order valence-corrected chi connectivity index (χ3v) is 3.37. The zero-order valence-corrected chi connectivity index (χ0v) is 12.9. The molecule has 0 amide bonds. The number of alkyl halides is 3. The maximum Gasteiger partial charge on any atom is 0.416 e. The van der Waals surface area contributed by atoms with Crippen LogP contribution in [0.4, 0.5) is 13.2 Å². The highest BCUT2D eigenvalue weighted by Crippen LogP contribution is 2.38. The Morgan fingerprint density at radius 2 is 1.40 bits per heavy atom. The van der Waals surface area contributed by atoms with Gasteiger partial charge in [0.2, 0.25) is 0 Å². The van der Waals surface area contributed by atoms with E-state index in [4.69, 9.17) is 0 Å². The minimum Gasteiger partial charge on any atom is -0.312 e. The average Bonchev–Trinajstić information content (AvgIpc) is 2.25. The lowest BCUT2D eigenvalue weighted by atomic mass is 9.78. The van der Waals surface area contributed by atoms with Gasteiger partial charge in [-0.15, -0.1) is 0 Å². The summed E-state index contributed by atoms with van der Waals surface area (Å²) in [6.45, 7) is 10.5. The minimum absolute atomic E-state index is 0.0281.